The lowest BCUT2D eigenvalue weighted by molar-refractivity contribution is -0.151. The highest BCUT2D eigenvalue weighted by Crippen LogP contribution is 2.08. The molecule has 0 rings (SSSR count). The lowest BCUT2D eigenvalue weighted by Crippen LogP contribution is -2.23. The van der Waals surface area contributed by atoms with Gasteiger partial charge in [-0.2, -0.15) is 0 Å². The van der Waals surface area contributed by atoms with Crippen molar-refractivity contribution >= 4 is 17.8 Å². The van der Waals surface area contributed by atoms with E-state index in [4.69, 9.17) is 9.94 Å². The third kappa shape index (κ3) is 8.04. The second kappa shape index (κ2) is 8.35. The van der Waals surface area contributed by atoms with Crippen molar-refractivity contribution in [3.63, 3.8) is 0 Å². The first kappa shape index (κ1) is 15.2. The van der Waals surface area contributed by atoms with Gasteiger partial charge in [0.15, 0.2) is 0 Å². The zero-order valence-electron chi connectivity index (χ0n) is 10.2. The van der Waals surface area contributed by atoms with E-state index >= 15 is 0 Å². The average molecular weight is 243 g/mol. The van der Waals surface area contributed by atoms with E-state index in [9.17, 15) is 9.59 Å². The largest absolute Gasteiger partial charge is 0.478 e. The third-order valence-electron chi connectivity index (χ3n) is 1.66. The summed E-state index contributed by atoms with van der Waals surface area (Å²) >= 11 is 0. The normalized spacial score (nSPS) is 11.3. The Morgan fingerprint density at radius 2 is 2.12 bits per heavy atom. The summed E-state index contributed by atoms with van der Waals surface area (Å²) < 4.78 is 4.57. The molecule has 0 aliphatic carbocycles. The number of aliphatic carboxylic acids is 1. The Kier molecular flexibility index (Phi) is 7.46. The van der Waals surface area contributed by atoms with Gasteiger partial charge < -0.3 is 14.7 Å². The van der Waals surface area contributed by atoms with E-state index in [1.54, 1.807) is 6.92 Å². The van der Waals surface area contributed by atoms with Crippen molar-refractivity contribution in [3.05, 3.63) is 6.08 Å². The molecule has 0 saturated heterocycles. The monoisotopic (exact) mass is 243 g/mol. The fraction of sp³-hybridized carbons (Fsp3) is 0.636. The van der Waals surface area contributed by atoms with Crippen LogP contribution in [0.15, 0.2) is 11.2 Å². The van der Waals surface area contributed by atoms with Crippen LogP contribution >= 0.6 is 0 Å². The van der Waals surface area contributed by atoms with Gasteiger partial charge in [0.2, 0.25) is 6.10 Å². The quantitative estimate of drug-likeness (QED) is 0.314. The highest BCUT2D eigenvalue weighted by molar-refractivity contribution is 5.90. The van der Waals surface area contributed by atoms with E-state index in [1.807, 2.05) is 13.8 Å². The molecule has 0 spiro atoms. The molecule has 17 heavy (non-hydrogen) atoms. The maximum absolute atomic E-state index is 10.8. The van der Waals surface area contributed by atoms with Crippen LogP contribution < -0.4 is 0 Å². The highest BCUT2D eigenvalue weighted by Gasteiger charge is 2.20. The van der Waals surface area contributed by atoms with Gasteiger partial charge in [-0.25, -0.2) is 9.59 Å². The molecule has 1 N–H and O–H groups in total. The summed E-state index contributed by atoms with van der Waals surface area (Å²) in [6.07, 6.45) is 0.246. The molecule has 0 aromatic rings. The van der Waals surface area contributed by atoms with E-state index in [2.05, 4.69) is 15.8 Å². The summed E-state index contributed by atoms with van der Waals surface area (Å²) in [5.74, 6) is 0.637. The van der Waals surface area contributed by atoms with Gasteiger partial charge >= 0.3 is 11.9 Å². The highest BCUT2D eigenvalue weighted by atomic mass is 16.6. The maximum atomic E-state index is 10.8. The summed E-state index contributed by atoms with van der Waals surface area (Å²) in [4.78, 5) is 26.3. The molecule has 0 aliphatic heterocycles. The Bertz CT molecular complexity index is 318. The minimum atomic E-state index is -1.10. The molecule has 0 aromatic heterocycles. The summed E-state index contributed by atoms with van der Waals surface area (Å²) in [5, 5.41) is 12.1. The minimum absolute atomic E-state index is 0.167. The van der Waals surface area contributed by atoms with E-state index in [1.165, 1.54) is 0 Å². The summed E-state index contributed by atoms with van der Waals surface area (Å²) in [5.41, 5.74) is 0. The van der Waals surface area contributed by atoms with Crippen LogP contribution in [0.4, 0.5) is 0 Å². The standard InChI is InChI=1S/C11H17NO5/c1-4-16-10(13)5-6-12-17-9(11(14)15)7-8(2)3/h5,8-9H,4,7H2,1-3H3,(H,14,15). The first-order valence-corrected chi connectivity index (χ1v) is 5.31. The van der Waals surface area contributed by atoms with Crippen LogP contribution in [0.2, 0.25) is 0 Å². The van der Waals surface area contributed by atoms with Gasteiger partial charge in [0, 0.05) is 12.3 Å². The zero-order valence-corrected chi connectivity index (χ0v) is 10.2. The van der Waals surface area contributed by atoms with Gasteiger partial charge in [-0.3, -0.25) is 0 Å². The van der Waals surface area contributed by atoms with Crippen LogP contribution in [0.3, 0.4) is 0 Å². The van der Waals surface area contributed by atoms with Gasteiger partial charge in [0.05, 0.1) is 12.7 Å². The van der Waals surface area contributed by atoms with Gasteiger partial charge in [-0.15, -0.1) is 0 Å². The van der Waals surface area contributed by atoms with Crippen molar-refractivity contribution in [2.24, 2.45) is 11.1 Å². The SMILES string of the molecule is CCOC(=O)C=C=NOC(CC(C)C)C(=O)O. The van der Waals surface area contributed by atoms with Crippen molar-refractivity contribution in [2.45, 2.75) is 33.3 Å². The van der Waals surface area contributed by atoms with Crippen molar-refractivity contribution in [1.29, 1.82) is 0 Å². The number of carboxylic acid groups (broad SMARTS) is 1. The fourth-order valence-corrected chi connectivity index (χ4v) is 0.974. The van der Waals surface area contributed by atoms with Gasteiger partial charge in [0.1, 0.15) is 0 Å². The predicted molar refractivity (Wildman–Crippen MR) is 60.6 cm³/mol. The zero-order chi connectivity index (χ0) is 13.3. The second-order valence-electron chi connectivity index (χ2n) is 3.68. The molecular weight excluding hydrogens is 226 g/mol. The number of nitrogens with zero attached hydrogens (tertiary/aromatic N) is 1. The molecule has 96 valence electrons. The number of ether oxygens (including phenoxy) is 1. The predicted octanol–water partition coefficient (Wildman–Crippen LogP) is 1.21. The number of carbonyl (C=O) groups excluding carboxylic acids is 1. The minimum Gasteiger partial charge on any atom is -0.478 e. The second-order valence-corrected chi connectivity index (χ2v) is 3.68. The molecule has 0 amide bonds. The van der Waals surface area contributed by atoms with Crippen LogP contribution in [-0.4, -0.2) is 35.6 Å². The Hall–Kier alpha value is -1.81. The summed E-state index contributed by atoms with van der Waals surface area (Å²) in [7, 11) is 0. The number of rotatable bonds is 7. The molecule has 0 bridgehead atoms. The smallest absolute Gasteiger partial charge is 0.347 e. The molecule has 0 aliphatic rings. The van der Waals surface area contributed by atoms with Gasteiger partial charge in [-0.1, -0.05) is 13.8 Å². The molecule has 0 heterocycles. The Labute approximate surface area is 99.9 Å². The van der Waals surface area contributed by atoms with Crippen molar-refractivity contribution in [1.82, 2.24) is 0 Å². The van der Waals surface area contributed by atoms with Crippen LogP contribution in [0.1, 0.15) is 27.2 Å². The number of hydrogen-bond donors (Lipinski definition) is 1. The Morgan fingerprint density at radius 3 is 2.59 bits per heavy atom. The number of esters is 1. The van der Waals surface area contributed by atoms with Crippen molar-refractivity contribution < 1.29 is 24.3 Å². The maximum Gasteiger partial charge on any atom is 0.347 e. The number of carboxylic acids is 1. The molecule has 0 aromatic carbocycles. The van der Waals surface area contributed by atoms with Crippen molar-refractivity contribution in [3.8, 4) is 0 Å². The molecule has 6 nitrogen and oxygen atoms in total. The van der Waals surface area contributed by atoms with Gasteiger partial charge in [-0.05, 0) is 18.0 Å². The van der Waals surface area contributed by atoms with Crippen LogP contribution in [0.25, 0.3) is 0 Å². The molecule has 0 saturated carbocycles. The fourth-order valence-electron chi connectivity index (χ4n) is 0.974. The first-order chi connectivity index (χ1) is 7.97. The average Bonchev–Trinajstić information content (AvgIpc) is 2.22. The van der Waals surface area contributed by atoms with E-state index < -0.39 is 18.0 Å². The van der Waals surface area contributed by atoms with Gasteiger partial charge in [0.25, 0.3) is 0 Å². The van der Waals surface area contributed by atoms with Crippen molar-refractivity contribution in [2.75, 3.05) is 6.61 Å². The topological polar surface area (TPSA) is 85.2 Å². The summed E-state index contributed by atoms with van der Waals surface area (Å²) in [6.45, 7) is 5.67. The molecule has 0 fully saturated rings. The first-order valence-electron chi connectivity index (χ1n) is 5.31. The lowest BCUT2D eigenvalue weighted by Gasteiger charge is -2.11. The molecule has 1 unspecified atom stereocenters. The molecule has 0 radical (unpaired) electrons. The lowest BCUT2D eigenvalue weighted by atomic mass is 10.1. The van der Waals surface area contributed by atoms with Crippen LogP contribution in [0, 0.1) is 5.92 Å². The number of hydrogen-bond acceptors (Lipinski definition) is 5. The molecular formula is C11H17NO5. The van der Waals surface area contributed by atoms with Crippen LogP contribution in [0.5, 0.6) is 0 Å². The Morgan fingerprint density at radius 1 is 1.47 bits per heavy atom. The van der Waals surface area contributed by atoms with Crippen LogP contribution in [-0.2, 0) is 19.2 Å². The summed E-state index contributed by atoms with van der Waals surface area (Å²) in [6, 6.07) is 0. The van der Waals surface area contributed by atoms with E-state index in [0.717, 1.165) is 6.08 Å². The number of carbonyl (C=O) groups is 2. The van der Waals surface area contributed by atoms with E-state index in [0.29, 0.717) is 6.42 Å². The molecule has 6 heteroatoms. The Balaban J connectivity index is 4.25. The van der Waals surface area contributed by atoms with E-state index in [-0.39, 0.29) is 12.5 Å². The molecule has 1 atom stereocenters. The third-order valence-corrected chi connectivity index (χ3v) is 1.66.